The molecule has 16 heavy (non-hydrogen) atoms. The van der Waals surface area contributed by atoms with E-state index in [2.05, 4.69) is 5.32 Å². The van der Waals surface area contributed by atoms with Gasteiger partial charge < -0.3 is 10.4 Å². The molecule has 0 saturated carbocycles. The molecule has 0 aromatic carbocycles. The van der Waals surface area contributed by atoms with E-state index in [1.807, 2.05) is 6.92 Å². The van der Waals surface area contributed by atoms with Gasteiger partial charge >= 0.3 is 5.97 Å². The van der Waals surface area contributed by atoms with Crippen molar-refractivity contribution >= 4 is 11.9 Å². The Hall–Kier alpha value is -1.10. The van der Waals surface area contributed by atoms with Crippen LogP contribution in [0.3, 0.4) is 0 Å². The maximum Gasteiger partial charge on any atom is 0.320 e. The van der Waals surface area contributed by atoms with E-state index in [0.717, 1.165) is 6.42 Å². The SMILES string of the molecule is CCCC(C(=O)O)N1CCNC(=O)C1(C)C. The zero-order valence-corrected chi connectivity index (χ0v) is 10.1. The Balaban J connectivity index is 2.90. The molecule has 1 fully saturated rings. The summed E-state index contributed by atoms with van der Waals surface area (Å²) < 4.78 is 0. The van der Waals surface area contributed by atoms with E-state index >= 15 is 0 Å². The first-order valence-corrected chi connectivity index (χ1v) is 5.69. The molecule has 1 aliphatic heterocycles. The minimum Gasteiger partial charge on any atom is -0.480 e. The van der Waals surface area contributed by atoms with Crippen LogP contribution in [0.4, 0.5) is 0 Å². The third kappa shape index (κ3) is 2.35. The molecule has 1 saturated heterocycles. The van der Waals surface area contributed by atoms with Gasteiger partial charge in [-0.1, -0.05) is 13.3 Å². The van der Waals surface area contributed by atoms with Gasteiger partial charge in [-0.3, -0.25) is 14.5 Å². The Morgan fingerprint density at radius 1 is 1.62 bits per heavy atom. The average Bonchev–Trinajstić information content (AvgIpc) is 2.19. The first kappa shape index (κ1) is 13.0. The molecule has 0 spiro atoms. The Morgan fingerprint density at radius 2 is 2.25 bits per heavy atom. The van der Waals surface area contributed by atoms with Gasteiger partial charge in [0.2, 0.25) is 5.91 Å². The first-order valence-electron chi connectivity index (χ1n) is 5.69. The average molecular weight is 228 g/mol. The molecule has 1 rings (SSSR count). The molecule has 0 aliphatic carbocycles. The van der Waals surface area contributed by atoms with Crippen LogP contribution < -0.4 is 5.32 Å². The van der Waals surface area contributed by atoms with Crippen molar-refractivity contribution in [3.63, 3.8) is 0 Å². The molecule has 1 heterocycles. The van der Waals surface area contributed by atoms with Crippen LogP contribution in [0.25, 0.3) is 0 Å². The summed E-state index contributed by atoms with van der Waals surface area (Å²) in [6, 6.07) is -0.564. The monoisotopic (exact) mass is 228 g/mol. The normalized spacial score (nSPS) is 22.6. The van der Waals surface area contributed by atoms with Gasteiger partial charge in [-0.15, -0.1) is 0 Å². The first-order chi connectivity index (χ1) is 7.41. The largest absolute Gasteiger partial charge is 0.480 e. The molecule has 0 aromatic rings. The van der Waals surface area contributed by atoms with Gasteiger partial charge in [0.25, 0.3) is 0 Å². The van der Waals surface area contributed by atoms with Crippen molar-refractivity contribution in [3.05, 3.63) is 0 Å². The fourth-order valence-electron chi connectivity index (χ4n) is 2.15. The molecule has 0 bridgehead atoms. The molecule has 92 valence electrons. The number of nitrogens with zero attached hydrogens (tertiary/aromatic N) is 1. The molecule has 0 radical (unpaired) electrons. The second-order valence-corrected chi connectivity index (χ2v) is 4.65. The van der Waals surface area contributed by atoms with Crippen molar-refractivity contribution in [1.29, 1.82) is 0 Å². The van der Waals surface area contributed by atoms with Crippen LogP contribution in [0, 0.1) is 0 Å². The number of rotatable bonds is 4. The number of piperazine rings is 1. The minimum atomic E-state index is -0.843. The van der Waals surface area contributed by atoms with Gasteiger partial charge in [0.15, 0.2) is 0 Å². The fraction of sp³-hybridized carbons (Fsp3) is 0.818. The molecule has 2 N–H and O–H groups in total. The number of carboxylic acids is 1. The van der Waals surface area contributed by atoms with Gasteiger partial charge in [-0.05, 0) is 20.3 Å². The lowest BCUT2D eigenvalue weighted by molar-refractivity contribution is -0.151. The number of nitrogens with one attached hydrogen (secondary N) is 1. The molecule has 1 aliphatic rings. The summed E-state index contributed by atoms with van der Waals surface area (Å²) in [5.41, 5.74) is -0.740. The van der Waals surface area contributed by atoms with Crippen molar-refractivity contribution in [2.24, 2.45) is 0 Å². The standard InChI is InChI=1S/C11H20N2O3/c1-4-5-8(9(14)15)13-7-6-12-10(16)11(13,2)3/h8H,4-7H2,1-3H3,(H,12,16)(H,14,15). The number of amides is 1. The summed E-state index contributed by atoms with van der Waals surface area (Å²) in [4.78, 5) is 24.7. The predicted octanol–water partition coefficient (Wildman–Crippen LogP) is 0.450. The quantitative estimate of drug-likeness (QED) is 0.733. The highest BCUT2D eigenvalue weighted by Gasteiger charge is 2.43. The summed E-state index contributed by atoms with van der Waals surface area (Å²) >= 11 is 0. The highest BCUT2D eigenvalue weighted by Crippen LogP contribution is 2.23. The van der Waals surface area contributed by atoms with Crippen LogP contribution in [0.2, 0.25) is 0 Å². The fourth-order valence-corrected chi connectivity index (χ4v) is 2.15. The predicted molar refractivity (Wildman–Crippen MR) is 60.1 cm³/mol. The van der Waals surface area contributed by atoms with E-state index in [0.29, 0.717) is 19.5 Å². The number of carboxylic acid groups (broad SMARTS) is 1. The molecule has 1 amide bonds. The van der Waals surface area contributed by atoms with Gasteiger partial charge in [0, 0.05) is 13.1 Å². The zero-order chi connectivity index (χ0) is 12.3. The van der Waals surface area contributed by atoms with E-state index in [1.165, 1.54) is 0 Å². The highest BCUT2D eigenvalue weighted by molar-refractivity contribution is 5.87. The molecular formula is C11H20N2O3. The van der Waals surface area contributed by atoms with Crippen LogP contribution in [-0.2, 0) is 9.59 Å². The Morgan fingerprint density at radius 3 is 2.75 bits per heavy atom. The topological polar surface area (TPSA) is 69.6 Å². The van der Waals surface area contributed by atoms with Crippen molar-refractivity contribution in [2.75, 3.05) is 13.1 Å². The van der Waals surface area contributed by atoms with Crippen molar-refractivity contribution < 1.29 is 14.7 Å². The van der Waals surface area contributed by atoms with E-state index < -0.39 is 17.6 Å². The van der Waals surface area contributed by atoms with E-state index in [1.54, 1.807) is 18.7 Å². The Kier molecular flexibility index (Phi) is 3.91. The third-order valence-electron chi connectivity index (χ3n) is 3.14. The lowest BCUT2D eigenvalue weighted by Crippen LogP contribution is -2.65. The molecular weight excluding hydrogens is 208 g/mol. The van der Waals surface area contributed by atoms with Gasteiger partial charge in [0.1, 0.15) is 6.04 Å². The third-order valence-corrected chi connectivity index (χ3v) is 3.14. The molecule has 1 atom stereocenters. The van der Waals surface area contributed by atoms with Crippen LogP contribution in [0.15, 0.2) is 0 Å². The smallest absolute Gasteiger partial charge is 0.320 e. The molecule has 5 heteroatoms. The highest BCUT2D eigenvalue weighted by atomic mass is 16.4. The van der Waals surface area contributed by atoms with Crippen LogP contribution in [-0.4, -0.2) is 46.6 Å². The number of hydrogen-bond donors (Lipinski definition) is 2. The maximum atomic E-state index is 11.7. The molecule has 5 nitrogen and oxygen atoms in total. The summed E-state index contributed by atoms with van der Waals surface area (Å²) in [7, 11) is 0. The number of carbonyl (C=O) groups excluding carboxylic acids is 1. The van der Waals surface area contributed by atoms with Crippen molar-refractivity contribution in [1.82, 2.24) is 10.2 Å². The number of aliphatic carboxylic acids is 1. The Bertz CT molecular complexity index is 289. The van der Waals surface area contributed by atoms with Crippen LogP contribution >= 0.6 is 0 Å². The number of hydrogen-bond acceptors (Lipinski definition) is 3. The summed E-state index contributed by atoms with van der Waals surface area (Å²) in [6.07, 6.45) is 1.37. The zero-order valence-electron chi connectivity index (χ0n) is 10.1. The summed E-state index contributed by atoms with van der Waals surface area (Å²) in [5.74, 6) is -0.939. The van der Waals surface area contributed by atoms with E-state index in [-0.39, 0.29) is 5.91 Å². The Labute approximate surface area is 95.8 Å². The molecule has 1 unspecified atom stereocenters. The van der Waals surface area contributed by atoms with Gasteiger partial charge in [-0.25, -0.2) is 0 Å². The summed E-state index contributed by atoms with van der Waals surface area (Å²) in [5, 5.41) is 12.0. The maximum absolute atomic E-state index is 11.7. The van der Waals surface area contributed by atoms with Gasteiger partial charge in [0.05, 0.1) is 5.54 Å². The van der Waals surface area contributed by atoms with E-state index in [4.69, 9.17) is 0 Å². The van der Waals surface area contributed by atoms with E-state index in [9.17, 15) is 14.7 Å². The number of carbonyl (C=O) groups is 2. The second kappa shape index (κ2) is 4.82. The van der Waals surface area contributed by atoms with Crippen molar-refractivity contribution in [2.45, 2.75) is 45.2 Å². The van der Waals surface area contributed by atoms with Crippen molar-refractivity contribution in [3.8, 4) is 0 Å². The lowest BCUT2D eigenvalue weighted by Gasteiger charge is -2.44. The lowest BCUT2D eigenvalue weighted by atomic mass is 9.95. The molecule has 0 aromatic heterocycles. The van der Waals surface area contributed by atoms with Crippen LogP contribution in [0.5, 0.6) is 0 Å². The second-order valence-electron chi connectivity index (χ2n) is 4.65. The van der Waals surface area contributed by atoms with Gasteiger partial charge in [-0.2, -0.15) is 0 Å². The summed E-state index contributed by atoms with van der Waals surface area (Å²) in [6.45, 7) is 6.61. The minimum absolute atomic E-state index is 0.0962. The van der Waals surface area contributed by atoms with Crippen LogP contribution in [0.1, 0.15) is 33.6 Å².